The SMILES string of the molecule is CC(C)(C)O.COc1cc(-c2cccc(-c3cc4nc(C)c(CC(=O)O)c(-c5cc(F)c6c(c5C)CCCO6)n4n3)c2)ccn1. The number of fused-ring (bicyclic) bond motifs is 2. The number of carboxylic acids is 1. The number of aryl methyl sites for hydroxylation is 1. The van der Waals surface area contributed by atoms with Crippen LogP contribution in [0.15, 0.2) is 54.7 Å². The molecule has 0 saturated carbocycles. The number of rotatable bonds is 6. The molecule has 3 aromatic heterocycles. The first-order chi connectivity index (χ1) is 21.3. The van der Waals surface area contributed by atoms with E-state index < -0.39 is 17.4 Å². The van der Waals surface area contributed by atoms with E-state index in [-0.39, 0.29) is 12.2 Å². The number of methoxy groups -OCH3 is 1. The second kappa shape index (κ2) is 12.6. The highest BCUT2D eigenvalue weighted by atomic mass is 19.1. The summed E-state index contributed by atoms with van der Waals surface area (Å²) in [6.45, 7) is 9.40. The molecule has 0 atom stereocenters. The van der Waals surface area contributed by atoms with Gasteiger partial charge in [0, 0.05) is 46.3 Å². The van der Waals surface area contributed by atoms with Crippen molar-refractivity contribution < 1.29 is 28.9 Å². The molecule has 2 N–H and O–H groups in total. The first-order valence-electron chi connectivity index (χ1n) is 14.7. The zero-order chi connectivity index (χ0) is 32.5. The largest absolute Gasteiger partial charge is 0.490 e. The predicted molar refractivity (Wildman–Crippen MR) is 170 cm³/mol. The molecule has 0 spiro atoms. The molecule has 2 aromatic carbocycles. The Morgan fingerprint density at radius 3 is 2.51 bits per heavy atom. The van der Waals surface area contributed by atoms with Gasteiger partial charge in [-0.2, -0.15) is 5.10 Å². The zero-order valence-corrected chi connectivity index (χ0v) is 26.3. The molecule has 0 saturated heterocycles. The number of hydrogen-bond donors (Lipinski definition) is 2. The highest BCUT2D eigenvalue weighted by molar-refractivity contribution is 5.80. The van der Waals surface area contributed by atoms with Gasteiger partial charge in [0.1, 0.15) is 0 Å². The molecule has 0 aliphatic carbocycles. The van der Waals surface area contributed by atoms with Crippen molar-refractivity contribution in [1.29, 1.82) is 0 Å². The number of aliphatic hydroxyl groups is 1. The first kappa shape index (κ1) is 31.6. The molecular weight excluding hydrogens is 575 g/mol. The molecular formula is C35H37FN4O5. The van der Waals surface area contributed by atoms with Crippen LogP contribution in [0.2, 0.25) is 0 Å². The average molecular weight is 613 g/mol. The summed E-state index contributed by atoms with van der Waals surface area (Å²) in [6, 6.07) is 15.0. The Morgan fingerprint density at radius 1 is 1.09 bits per heavy atom. The van der Waals surface area contributed by atoms with E-state index in [1.807, 2.05) is 49.4 Å². The van der Waals surface area contributed by atoms with E-state index in [9.17, 15) is 9.90 Å². The lowest BCUT2D eigenvalue weighted by Crippen LogP contribution is -2.14. The molecule has 1 aliphatic rings. The van der Waals surface area contributed by atoms with Crippen molar-refractivity contribution in [2.45, 2.75) is 59.5 Å². The monoisotopic (exact) mass is 612 g/mol. The van der Waals surface area contributed by atoms with Gasteiger partial charge in [-0.1, -0.05) is 18.2 Å². The van der Waals surface area contributed by atoms with Gasteiger partial charge < -0.3 is 19.7 Å². The number of ether oxygens (including phenoxy) is 2. The quantitative estimate of drug-likeness (QED) is 0.220. The Hall–Kier alpha value is -4.83. The number of carbonyl (C=O) groups is 1. The molecule has 234 valence electrons. The minimum Gasteiger partial charge on any atom is -0.490 e. The molecule has 6 rings (SSSR count). The zero-order valence-electron chi connectivity index (χ0n) is 26.3. The summed E-state index contributed by atoms with van der Waals surface area (Å²) in [7, 11) is 1.58. The number of pyridine rings is 1. The highest BCUT2D eigenvalue weighted by Crippen LogP contribution is 2.39. The van der Waals surface area contributed by atoms with Gasteiger partial charge in [-0.15, -0.1) is 0 Å². The van der Waals surface area contributed by atoms with Gasteiger partial charge in [0.25, 0.3) is 0 Å². The van der Waals surface area contributed by atoms with Gasteiger partial charge in [-0.3, -0.25) is 4.79 Å². The number of carboxylic acid groups (broad SMARTS) is 1. The summed E-state index contributed by atoms with van der Waals surface area (Å²) in [4.78, 5) is 20.8. The maximum Gasteiger partial charge on any atom is 0.307 e. The van der Waals surface area contributed by atoms with Crippen LogP contribution in [0.5, 0.6) is 11.6 Å². The Labute approximate surface area is 261 Å². The number of aromatic nitrogens is 4. The maximum atomic E-state index is 15.3. The molecule has 0 unspecified atom stereocenters. The van der Waals surface area contributed by atoms with Crippen molar-refractivity contribution in [3.05, 3.63) is 82.9 Å². The van der Waals surface area contributed by atoms with Gasteiger partial charge in [0.2, 0.25) is 5.88 Å². The molecule has 10 heteroatoms. The van der Waals surface area contributed by atoms with E-state index in [2.05, 4.69) is 4.98 Å². The number of benzene rings is 2. The normalized spacial score (nSPS) is 12.6. The van der Waals surface area contributed by atoms with Gasteiger partial charge >= 0.3 is 5.97 Å². The average Bonchev–Trinajstić information content (AvgIpc) is 3.42. The summed E-state index contributed by atoms with van der Waals surface area (Å²) in [5.74, 6) is -0.672. The summed E-state index contributed by atoms with van der Waals surface area (Å²) in [5, 5.41) is 23.2. The molecule has 0 radical (unpaired) electrons. The van der Waals surface area contributed by atoms with Crippen LogP contribution < -0.4 is 9.47 Å². The fourth-order valence-electron chi connectivity index (χ4n) is 5.40. The molecule has 0 bridgehead atoms. The van der Waals surface area contributed by atoms with Crippen molar-refractivity contribution in [2.24, 2.45) is 0 Å². The summed E-state index contributed by atoms with van der Waals surface area (Å²) in [5.41, 5.74) is 7.26. The van der Waals surface area contributed by atoms with Gasteiger partial charge in [0.15, 0.2) is 17.2 Å². The van der Waals surface area contributed by atoms with Crippen LogP contribution in [0.3, 0.4) is 0 Å². The smallest absolute Gasteiger partial charge is 0.307 e. The molecule has 0 fully saturated rings. The second-order valence-corrected chi connectivity index (χ2v) is 12.0. The summed E-state index contributed by atoms with van der Waals surface area (Å²) >= 11 is 0. The van der Waals surface area contributed by atoms with Crippen molar-refractivity contribution in [2.75, 3.05) is 13.7 Å². The summed E-state index contributed by atoms with van der Waals surface area (Å²) in [6.07, 6.45) is 2.90. The van der Waals surface area contributed by atoms with Crippen LogP contribution in [0, 0.1) is 19.7 Å². The third kappa shape index (κ3) is 6.96. The Bertz CT molecular complexity index is 1890. The Morgan fingerprint density at radius 2 is 1.80 bits per heavy atom. The number of nitrogens with zero attached hydrogens (tertiary/aromatic N) is 4. The van der Waals surface area contributed by atoms with Gasteiger partial charge in [0.05, 0.1) is 37.1 Å². The third-order valence-electron chi connectivity index (χ3n) is 7.36. The van der Waals surface area contributed by atoms with Crippen LogP contribution in [-0.2, 0) is 17.6 Å². The van der Waals surface area contributed by atoms with Crippen LogP contribution in [0.1, 0.15) is 49.6 Å². The van der Waals surface area contributed by atoms with Crippen LogP contribution in [-0.4, -0.2) is 55.1 Å². The van der Waals surface area contributed by atoms with E-state index in [0.29, 0.717) is 52.8 Å². The van der Waals surface area contributed by atoms with Gasteiger partial charge in [-0.05, 0) is 82.3 Å². The minimum absolute atomic E-state index is 0.271. The number of aliphatic carboxylic acids is 1. The fraction of sp³-hybridized carbons (Fsp3) is 0.314. The minimum atomic E-state index is -1.00. The highest BCUT2D eigenvalue weighted by Gasteiger charge is 2.26. The van der Waals surface area contributed by atoms with Gasteiger partial charge in [-0.25, -0.2) is 18.9 Å². The topological polar surface area (TPSA) is 119 Å². The maximum absolute atomic E-state index is 15.3. The molecule has 1 aliphatic heterocycles. The Balaban J connectivity index is 0.000000743. The molecule has 5 aromatic rings. The second-order valence-electron chi connectivity index (χ2n) is 12.0. The molecule has 45 heavy (non-hydrogen) atoms. The molecule has 4 heterocycles. The fourth-order valence-corrected chi connectivity index (χ4v) is 5.40. The predicted octanol–water partition coefficient (Wildman–Crippen LogP) is 6.62. The van der Waals surface area contributed by atoms with E-state index in [0.717, 1.165) is 34.2 Å². The summed E-state index contributed by atoms with van der Waals surface area (Å²) < 4.78 is 27.9. The standard InChI is InChI=1S/C31H27FN4O4.C4H10O/c1-17-22-8-5-11-40-31(22)25(32)14-23(17)30-24(15-29(37)38)18(2)34-27-16-26(35-36(27)30)21-7-4-6-19(12-21)20-9-10-33-28(13-20)39-3;1-4(2,3)5/h4,6-7,9-10,12-14,16H,5,8,11,15H2,1-3H3,(H,37,38);5H,1-3H3. The van der Waals surface area contributed by atoms with Crippen molar-refractivity contribution in [1.82, 2.24) is 19.6 Å². The Kier molecular flexibility index (Phi) is 8.88. The number of hydrogen-bond acceptors (Lipinski definition) is 7. The molecule has 9 nitrogen and oxygen atoms in total. The lowest BCUT2D eigenvalue weighted by Gasteiger charge is -2.23. The van der Waals surface area contributed by atoms with E-state index in [1.54, 1.807) is 45.5 Å². The van der Waals surface area contributed by atoms with Crippen LogP contribution in [0.4, 0.5) is 4.39 Å². The third-order valence-corrected chi connectivity index (χ3v) is 7.36. The van der Waals surface area contributed by atoms with E-state index in [1.165, 1.54) is 6.07 Å². The van der Waals surface area contributed by atoms with Crippen LogP contribution in [0.25, 0.3) is 39.3 Å². The number of halogens is 1. The van der Waals surface area contributed by atoms with Crippen LogP contribution >= 0.6 is 0 Å². The van der Waals surface area contributed by atoms with Crippen molar-refractivity contribution in [3.8, 4) is 45.3 Å². The van der Waals surface area contributed by atoms with E-state index >= 15 is 4.39 Å². The van der Waals surface area contributed by atoms with Crippen molar-refractivity contribution >= 4 is 11.6 Å². The van der Waals surface area contributed by atoms with E-state index in [4.69, 9.17) is 24.7 Å². The molecule has 0 amide bonds. The first-order valence-corrected chi connectivity index (χ1v) is 14.7. The lowest BCUT2D eigenvalue weighted by atomic mass is 9.91. The van der Waals surface area contributed by atoms with Crippen molar-refractivity contribution in [3.63, 3.8) is 0 Å². The lowest BCUT2D eigenvalue weighted by molar-refractivity contribution is -0.136.